The number of carbonyl (C=O) groups is 2. The van der Waals surface area contributed by atoms with Crippen LogP contribution in [0.2, 0.25) is 0 Å². The standard InChI is InChI=1S/C22H29NO4/c1-3-4-5-6-13-23(2)22(26)19-10-7-9-18-20(27-15-8-14-24)12-11-17(16-25)21(18)19/h7,9-12,16,24H,3-6,8,13-15H2,1-2H3. The van der Waals surface area contributed by atoms with Crippen LogP contribution in [0.3, 0.4) is 0 Å². The van der Waals surface area contributed by atoms with Crippen LogP contribution in [0.5, 0.6) is 5.75 Å². The summed E-state index contributed by atoms with van der Waals surface area (Å²) < 4.78 is 5.75. The second-order valence-corrected chi connectivity index (χ2v) is 6.71. The molecule has 2 rings (SSSR count). The molecule has 146 valence electrons. The molecule has 0 bridgehead atoms. The molecule has 0 fully saturated rings. The number of unbranched alkanes of at least 4 members (excludes halogenated alkanes) is 3. The summed E-state index contributed by atoms with van der Waals surface area (Å²) in [4.78, 5) is 26.3. The fraction of sp³-hybridized carbons (Fsp3) is 0.455. The van der Waals surface area contributed by atoms with Crippen LogP contribution < -0.4 is 4.74 Å². The molecule has 2 aromatic carbocycles. The molecule has 1 amide bonds. The van der Waals surface area contributed by atoms with Gasteiger partial charge in [0.1, 0.15) is 5.75 Å². The Morgan fingerprint density at radius 2 is 1.96 bits per heavy atom. The monoisotopic (exact) mass is 371 g/mol. The summed E-state index contributed by atoms with van der Waals surface area (Å²) in [5, 5.41) is 10.3. The number of aliphatic hydroxyl groups excluding tert-OH is 1. The van der Waals surface area contributed by atoms with E-state index >= 15 is 0 Å². The van der Waals surface area contributed by atoms with Gasteiger partial charge in [-0.15, -0.1) is 0 Å². The molecule has 0 saturated heterocycles. The topological polar surface area (TPSA) is 66.8 Å². The largest absolute Gasteiger partial charge is 0.493 e. The van der Waals surface area contributed by atoms with E-state index in [0.29, 0.717) is 41.8 Å². The van der Waals surface area contributed by atoms with Gasteiger partial charge >= 0.3 is 0 Å². The normalized spacial score (nSPS) is 10.8. The Bertz CT molecular complexity index is 772. The molecule has 0 saturated carbocycles. The number of ether oxygens (including phenoxy) is 1. The lowest BCUT2D eigenvalue weighted by molar-refractivity contribution is 0.0794. The molecule has 0 atom stereocenters. The molecule has 0 heterocycles. The predicted molar refractivity (Wildman–Crippen MR) is 108 cm³/mol. The van der Waals surface area contributed by atoms with E-state index in [1.165, 1.54) is 6.42 Å². The minimum Gasteiger partial charge on any atom is -0.493 e. The van der Waals surface area contributed by atoms with Crippen LogP contribution in [0.1, 0.15) is 59.7 Å². The summed E-state index contributed by atoms with van der Waals surface area (Å²) in [6.07, 6.45) is 5.69. The highest BCUT2D eigenvalue weighted by molar-refractivity contribution is 6.13. The van der Waals surface area contributed by atoms with Crippen molar-refractivity contribution < 1.29 is 19.4 Å². The van der Waals surface area contributed by atoms with Gasteiger partial charge in [0.25, 0.3) is 5.91 Å². The number of amides is 1. The number of fused-ring (bicyclic) bond motifs is 1. The zero-order valence-electron chi connectivity index (χ0n) is 16.2. The van der Waals surface area contributed by atoms with Gasteiger partial charge in [0, 0.05) is 48.5 Å². The molecule has 0 aliphatic carbocycles. The van der Waals surface area contributed by atoms with Crippen molar-refractivity contribution in [3.8, 4) is 5.75 Å². The second kappa shape index (κ2) is 10.7. The Morgan fingerprint density at radius 1 is 1.15 bits per heavy atom. The summed E-state index contributed by atoms with van der Waals surface area (Å²) >= 11 is 0. The van der Waals surface area contributed by atoms with Crippen molar-refractivity contribution in [3.05, 3.63) is 41.5 Å². The van der Waals surface area contributed by atoms with Crippen molar-refractivity contribution >= 4 is 23.0 Å². The first-order valence-corrected chi connectivity index (χ1v) is 9.64. The molecule has 5 nitrogen and oxygen atoms in total. The Kier molecular flexibility index (Phi) is 8.27. The van der Waals surface area contributed by atoms with Gasteiger partial charge in [-0.1, -0.05) is 38.3 Å². The number of carbonyl (C=O) groups excluding carboxylic acids is 2. The number of rotatable bonds is 11. The zero-order valence-corrected chi connectivity index (χ0v) is 16.2. The maximum Gasteiger partial charge on any atom is 0.254 e. The van der Waals surface area contributed by atoms with E-state index in [4.69, 9.17) is 9.84 Å². The molecule has 0 aromatic heterocycles. The number of nitrogens with zero attached hydrogens (tertiary/aromatic N) is 1. The number of aldehydes is 1. The average Bonchev–Trinajstić information content (AvgIpc) is 2.70. The van der Waals surface area contributed by atoms with Gasteiger partial charge in [-0.3, -0.25) is 9.59 Å². The Morgan fingerprint density at radius 3 is 2.67 bits per heavy atom. The molecule has 0 aliphatic rings. The number of aliphatic hydroxyl groups is 1. The highest BCUT2D eigenvalue weighted by Crippen LogP contribution is 2.31. The number of hydrogen-bond acceptors (Lipinski definition) is 4. The third kappa shape index (κ3) is 5.30. The molecule has 2 aromatic rings. The highest BCUT2D eigenvalue weighted by atomic mass is 16.5. The van der Waals surface area contributed by atoms with Gasteiger partial charge in [-0.2, -0.15) is 0 Å². The van der Waals surface area contributed by atoms with Crippen LogP contribution in [0.4, 0.5) is 0 Å². The van der Waals surface area contributed by atoms with Crippen LogP contribution in [0.15, 0.2) is 30.3 Å². The summed E-state index contributed by atoms with van der Waals surface area (Å²) in [6, 6.07) is 8.86. The minimum absolute atomic E-state index is 0.0525. The average molecular weight is 371 g/mol. The molecule has 0 aliphatic heterocycles. The molecule has 27 heavy (non-hydrogen) atoms. The minimum atomic E-state index is -0.0901. The lowest BCUT2D eigenvalue weighted by Crippen LogP contribution is -2.28. The van der Waals surface area contributed by atoms with Crippen LogP contribution in [0, 0.1) is 0 Å². The highest BCUT2D eigenvalue weighted by Gasteiger charge is 2.18. The van der Waals surface area contributed by atoms with Gasteiger partial charge in [0.2, 0.25) is 0 Å². The van der Waals surface area contributed by atoms with E-state index < -0.39 is 0 Å². The Hall–Kier alpha value is -2.40. The molecule has 0 spiro atoms. The quantitative estimate of drug-likeness (QED) is 0.478. The van der Waals surface area contributed by atoms with Gasteiger partial charge < -0.3 is 14.7 Å². The summed E-state index contributed by atoms with van der Waals surface area (Å²) in [5.74, 6) is 0.525. The molecular weight excluding hydrogens is 342 g/mol. The van der Waals surface area contributed by atoms with Gasteiger partial charge in [0.15, 0.2) is 6.29 Å². The molecule has 0 radical (unpaired) electrons. The number of benzene rings is 2. The van der Waals surface area contributed by atoms with Gasteiger partial charge in [-0.25, -0.2) is 0 Å². The molecule has 0 unspecified atom stereocenters. The van der Waals surface area contributed by atoms with Crippen molar-refractivity contribution in [1.29, 1.82) is 0 Å². The van der Waals surface area contributed by atoms with E-state index in [0.717, 1.165) is 30.9 Å². The summed E-state index contributed by atoms with van der Waals surface area (Å²) in [7, 11) is 1.80. The maximum atomic E-state index is 13.0. The van der Waals surface area contributed by atoms with Crippen LogP contribution in [-0.4, -0.2) is 49.0 Å². The summed E-state index contributed by atoms with van der Waals surface area (Å²) in [6.45, 7) is 3.28. The third-order valence-corrected chi connectivity index (χ3v) is 4.64. The Balaban J connectivity index is 2.34. The van der Waals surface area contributed by atoms with Crippen LogP contribution in [-0.2, 0) is 0 Å². The number of hydrogen-bond donors (Lipinski definition) is 1. The predicted octanol–water partition coefficient (Wildman–Crippen LogP) is 4.07. The van der Waals surface area contributed by atoms with E-state index in [9.17, 15) is 9.59 Å². The van der Waals surface area contributed by atoms with E-state index in [1.54, 1.807) is 30.1 Å². The van der Waals surface area contributed by atoms with Gasteiger partial charge in [-0.05, 0) is 24.6 Å². The van der Waals surface area contributed by atoms with E-state index in [-0.39, 0.29) is 12.5 Å². The lowest BCUT2D eigenvalue weighted by Gasteiger charge is -2.19. The van der Waals surface area contributed by atoms with Crippen LogP contribution in [0.25, 0.3) is 10.8 Å². The lowest BCUT2D eigenvalue weighted by atomic mass is 9.98. The van der Waals surface area contributed by atoms with Crippen molar-refractivity contribution in [2.24, 2.45) is 0 Å². The molecule has 5 heteroatoms. The van der Waals surface area contributed by atoms with Crippen molar-refractivity contribution in [1.82, 2.24) is 4.90 Å². The first-order chi connectivity index (χ1) is 13.1. The fourth-order valence-electron chi connectivity index (χ4n) is 3.14. The SMILES string of the molecule is CCCCCCN(C)C(=O)c1cccc2c(OCCCO)ccc(C=O)c12. The first-order valence-electron chi connectivity index (χ1n) is 9.64. The van der Waals surface area contributed by atoms with Crippen LogP contribution >= 0.6 is 0 Å². The Labute approximate surface area is 160 Å². The fourth-order valence-corrected chi connectivity index (χ4v) is 3.14. The smallest absolute Gasteiger partial charge is 0.254 e. The third-order valence-electron chi connectivity index (χ3n) is 4.64. The van der Waals surface area contributed by atoms with Crippen molar-refractivity contribution in [2.45, 2.75) is 39.0 Å². The maximum absolute atomic E-state index is 13.0. The van der Waals surface area contributed by atoms with Crippen molar-refractivity contribution in [3.63, 3.8) is 0 Å². The van der Waals surface area contributed by atoms with Crippen molar-refractivity contribution in [2.75, 3.05) is 26.8 Å². The molecule has 1 N–H and O–H groups in total. The zero-order chi connectivity index (χ0) is 19.6. The van der Waals surface area contributed by atoms with Gasteiger partial charge in [0.05, 0.1) is 6.61 Å². The van der Waals surface area contributed by atoms with E-state index in [2.05, 4.69) is 6.92 Å². The van der Waals surface area contributed by atoms with E-state index in [1.807, 2.05) is 12.1 Å². The second-order valence-electron chi connectivity index (χ2n) is 6.71. The summed E-state index contributed by atoms with van der Waals surface area (Å²) in [5.41, 5.74) is 0.989. The first kappa shape index (κ1) is 20.9. The molecular formula is C22H29NO4.